The summed E-state index contributed by atoms with van der Waals surface area (Å²) in [4.78, 5) is 8.86. The normalized spacial score (nSPS) is 10.6. The number of nitrogens with two attached hydrogens (primary N) is 2. The van der Waals surface area contributed by atoms with Gasteiger partial charge in [0.2, 0.25) is 5.95 Å². The summed E-state index contributed by atoms with van der Waals surface area (Å²) in [7, 11) is 0. The van der Waals surface area contributed by atoms with Crippen LogP contribution in [0.25, 0.3) is 33.6 Å². The van der Waals surface area contributed by atoms with Crippen LogP contribution in [0.1, 0.15) is 0 Å². The minimum absolute atomic E-state index is 0.247. The quantitative estimate of drug-likeness (QED) is 0.533. The highest BCUT2D eigenvalue weighted by molar-refractivity contribution is 5.83. The van der Waals surface area contributed by atoms with E-state index in [0.717, 1.165) is 33.6 Å². The number of hydrogen-bond donors (Lipinski definition) is 2. The van der Waals surface area contributed by atoms with Crippen molar-refractivity contribution in [1.82, 2.24) is 9.97 Å². The third kappa shape index (κ3) is 3.13. The molecule has 0 aliphatic carbocycles. The third-order valence-electron chi connectivity index (χ3n) is 4.24. The molecular weight excluding hydrogens is 320 g/mol. The average molecular weight is 338 g/mol. The Morgan fingerprint density at radius 2 is 1.15 bits per heavy atom. The van der Waals surface area contributed by atoms with Gasteiger partial charge in [0.15, 0.2) is 0 Å². The van der Waals surface area contributed by atoms with Crippen LogP contribution in [-0.4, -0.2) is 9.97 Å². The monoisotopic (exact) mass is 338 g/mol. The van der Waals surface area contributed by atoms with E-state index >= 15 is 0 Å². The summed E-state index contributed by atoms with van der Waals surface area (Å²) in [6, 6.07) is 27.9. The first kappa shape index (κ1) is 15.8. The molecule has 1 aromatic heterocycles. The van der Waals surface area contributed by atoms with Crippen molar-refractivity contribution in [3.63, 3.8) is 0 Å². The molecule has 0 atom stereocenters. The van der Waals surface area contributed by atoms with Gasteiger partial charge in [-0.1, -0.05) is 66.7 Å². The zero-order valence-corrected chi connectivity index (χ0v) is 14.1. The molecule has 4 N–H and O–H groups in total. The number of hydrogen-bond acceptors (Lipinski definition) is 4. The maximum absolute atomic E-state index is 6.01. The first-order valence-electron chi connectivity index (χ1n) is 8.36. The Balaban J connectivity index is 1.86. The minimum Gasteiger partial charge on any atom is -0.399 e. The molecule has 4 aromatic rings. The number of benzene rings is 3. The Morgan fingerprint density at radius 3 is 1.88 bits per heavy atom. The van der Waals surface area contributed by atoms with Crippen molar-refractivity contribution in [3.05, 3.63) is 84.9 Å². The van der Waals surface area contributed by atoms with Gasteiger partial charge in [-0.05, 0) is 29.3 Å². The molecule has 0 fully saturated rings. The van der Waals surface area contributed by atoms with Crippen molar-refractivity contribution in [1.29, 1.82) is 0 Å². The van der Waals surface area contributed by atoms with Gasteiger partial charge in [0.05, 0.1) is 11.4 Å². The lowest BCUT2D eigenvalue weighted by atomic mass is 9.97. The van der Waals surface area contributed by atoms with Gasteiger partial charge in [0, 0.05) is 16.8 Å². The van der Waals surface area contributed by atoms with Crippen LogP contribution in [-0.2, 0) is 0 Å². The number of aromatic nitrogens is 2. The zero-order valence-electron chi connectivity index (χ0n) is 14.1. The van der Waals surface area contributed by atoms with E-state index in [4.69, 9.17) is 11.5 Å². The van der Waals surface area contributed by atoms with E-state index in [2.05, 4.69) is 34.2 Å². The molecule has 0 bridgehead atoms. The highest BCUT2D eigenvalue weighted by Crippen LogP contribution is 2.32. The molecule has 0 unspecified atom stereocenters. The predicted octanol–water partition coefficient (Wildman–Crippen LogP) is 4.64. The topological polar surface area (TPSA) is 77.8 Å². The van der Waals surface area contributed by atoms with Crippen LogP contribution in [0.2, 0.25) is 0 Å². The minimum atomic E-state index is 0.247. The molecule has 0 spiro atoms. The van der Waals surface area contributed by atoms with Gasteiger partial charge in [-0.15, -0.1) is 0 Å². The fraction of sp³-hybridized carbons (Fsp3) is 0. The number of nitrogen functional groups attached to an aromatic ring is 2. The number of rotatable bonds is 3. The number of nitrogens with zero attached hydrogens (tertiary/aromatic N) is 2. The standard InChI is InChI=1S/C22H18N4/c23-17-12-10-16(11-13-17)20-14-21(26-22(24)25-20)19-9-5-4-8-18(19)15-6-2-1-3-7-15/h1-14H,23H2,(H2,24,25,26). The lowest BCUT2D eigenvalue weighted by molar-refractivity contribution is 1.19. The fourth-order valence-corrected chi connectivity index (χ4v) is 2.98. The predicted molar refractivity (Wildman–Crippen MR) is 107 cm³/mol. The van der Waals surface area contributed by atoms with Gasteiger partial charge in [0.25, 0.3) is 0 Å². The molecule has 0 amide bonds. The lowest BCUT2D eigenvalue weighted by Crippen LogP contribution is -1.99. The second kappa shape index (κ2) is 6.69. The molecule has 4 rings (SSSR count). The molecular formula is C22H18N4. The van der Waals surface area contributed by atoms with Gasteiger partial charge >= 0.3 is 0 Å². The van der Waals surface area contributed by atoms with E-state index < -0.39 is 0 Å². The van der Waals surface area contributed by atoms with E-state index in [1.165, 1.54) is 0 Å². The van der Waals surface area contributed by atoms with E-state index in [1.807, 2.05) is 60.7 Å². The molecule has 126 valence electrons. The Bertz CT molecular complexity index is 1040. The van der Waals surface area contributed by atoms with Gasteiger partial charge in [-0.25, -0.2) is 9.97 Å². The molecule has 0 saturated heterocycles. The summed E-state index contributed by atoms with van der Waals surface area (Å²) in [5, 5.41) is 0. The van der Waals surface area contributed by atoms with Gasteiger partial charge < -0.3 is 11.5 Å². The van der Waals surface area contributed by atoms with Crippen LogP contribution in [0.3, 0.4) is 0 Å². The van der Waals surface area contributed by atoms with Crippen LogP contribution in [0.5, 0.6) is 0 Å². The Labute approximate surface area is 152 Å². The Kier molecular flexibility index (Phi) is 4.07. The van der Waals surface area contributed by atoms with Crippen molar-refractivity contribution in [2.45, 2.75) is 0 Å². The van der Waals surface area contributed by atoms with Crippen LogP contribution in [0, 0.1) is 0 Å². The average Bonchev–Trinajstić information content (AvgIpc) is 2.69. The largest absolute Gasteiger partial charge is 0.399 e. The van der Waals surface area contributed by atoms with Crippen LogP contribution in [0.15, 0.2) is 84.9 Å². The number of anilines is 2. The summed E-state index contributed by atoms with van der Waals surface area (Å²) in [5.74, 6) is 0.247. The molecule has 1 heterocycles. The van der Waals surface area contributed by atoms with Crippen LogP contribution >= 0.6 is 0 Å². The summed E-state index contributed by atoms with van der Waals surface area (Å²) >= 11 is 0. The summed E-state index contributed by atoms with van der Waals surface area (Å²) in [6.07, 6.45) is 0. The van der Waals surface area contributed by atoms with Gasteiger partial charge in [-0.2, -0.15) is 0 Å². The molecule has 0 aliphatic rings. The molecule has 0 saturated carbocycles. The van der Waals surface area contributed by atoms with Crippen molar-refractivity contribution < 1.29 is 0 Å². The molecule has 4 nitrogen and oxygen atoms in total. The maximum atomic E-state index is 6.01. The van der Waals surface area contributed by atoms with Crippen molar-refractivity contribution >= 4 is 11.6 Å². The van der Waals surface area contributed by atoms with E-state index in [0.29, 0.717) is 5.69 Å². The van der Waals surface area contributed by atoms with E-state index in [1.54, 1.807) is 0 Å². The maximum Gasteiger partial charge on any atom is 0.221 e. The fourth-order valence-electron chi connectivity index (χ4n) is 2.98. The smallest absolute Gasteiger partial charge is 0.221 e. The van der Waals surface area contributed by atoms with E-state index in [-0.39, 0.29) is 5.95 Å². The van der Waals surface area contributed by atoms with Gasteiger partial charge in [0.1, 0.15) is 0 Å². The van der Waals surface area contributed by atoms with E-state index in [9.17, 15) is 0 Å². The summed E-state index contributed by atoms with van der Waals surface area (Å²) in [5.41, 5.74) is 18.3. The second-order valence-electron chi connectivity index (χ2n) is 6.03. The van der Waals surface area contributed by atoms with Crippen molar-refractivity contribution in [2.75, 3.05) is 11.5 Å². The van der Waals surface area contributed by atoms with Crippen molar-refractivity contribution in [3.8, 4) is 33.6 Å². The summed E-state index contributed by atoms with van der Waals surface area (Å²) < 4.78 is 0. The Hall–Kier alpha value is -3.66. The summed E-state index contributed by atoms with van der Waals surface area (Å²) in [6.45, 7) is 0. The lowest BCUT2D eigenvalue weighted by Gasteiger charge is -2.11. The highest BCUT2D eigenvalue weighted by Gasteiger charge is 2.11. The second-order valence-corrected chi connectivity index (χ2v) is 6.03. The molecule has 4 heteroatoms. The zero-order chi connectivity index (χ0) is 17.9. The molecule has 0 aliphatic heterocycles. The van der Waals surface area contributed by atoms with Crippen molar-refractivity contribution in [2.24, 2.45) is 0 Å². The molecule has 26 heavy (non-hydrogen) atoms. The first-order chi connectivity index (χ1) is 12.7. The molecule has 0 radical (unpaired) electrons. The SMILES string of the molecule is Nc1ccc(-c2cc(-c3ccccc3-c3ccccc3)nc(N)n2)cc1. The third-order valence-corrected chi connectivity index (χ3v) is 4.24. The highest BCUT2D eigenvalue weighted by atomic mass is 15.0. The van der Waals surface area contributed by atoms with Crippen LogP contribution < -0.4 is 11.5 Å². The molecule has 3 aromatic carbocycles. The van der Waals surface area contributed by atoms with Crippen LogP contribution in [0.4, 0.5) is 11.6 Å². The first-order valence-corrected chi connectivity index (χ1v) is 8.36. The van der Waals surface area contributed by atoms with Gasteiger partial charge in [-0.3, -0.25) is 0 Å². The Morgan fingerprint density at radius 1 is 0.538 bits per heavy atom.